The first kappa shape index (κ1) is 20.9. The highest BCUT2D eigenvalue weighted by atomic mass is 35.5. The van der Waals surface area contributed by atoms with E-state index in [1.165, 1.54) is 11.1 Å². The molecule has 0 bridgehead atoms. The van der Waals surface area contributed by atoms with Gasteiger partial charge in [-0.3, -0.25) is 4.79 Å². The van der Waals surface area contributed by atoms with Gasteiger partial charge in [-0.25, -0.2) is 4.68 Å². The molecular weight excluding hydrogens is 388 g/mol. The Hall–Kier alpha value is -2.83. The van der Waals surface area contributed by atoms with Crippen molar-refractivity contribution in [2.45, 2.75) is 33.0 Å². The van der Waals surface area contributed by atoms with Crippen LogP contribution in [0.2, 0.25) is 0 Å². The van der Waals surface area contributed by atoms with Gasteiger partial charge >= 0.3 is 0 Å². The van der Waals surface area contributed by atoms with Gasteiger partial charge in [0.1, 0.15) is 0 Å². The summed E-state index contributed by atoms with van der Waals surface area (Å²) in [5.41, 5.74) is 4.89. The average molecular weight is 413 g/mol. The highest BCUT2D eigenvalue weighted by Crippen LogP contribution is 2.21. The minimum atomic E-state index is -0.237. The van der Waals surface area contributed by atoms with Crippen molar-refractivity contribution in [3.63, 3.8) is 0 Å². The molecule has 0 saturated carbocycles. The van der Waals surface area contributed by atoms with Crippen molar-refractivity contribution in [1.82, 2.24) is 20.4 Å². The number of para-hydroxylation sites is 1. The van der Waals surface area contributed by atoms with Crippen LogP contribution in [0.25, 0.3) is 5.69 Å². The van der Waals surface area contributed by atoms with Crippen LogP contribution >= 0.6 is 12.4 Å². The summed E-state index contributed by atoms with van der Waals surface area (Å²) in [5, 5.41) is 10.8. The Labute approximate surface area is 176 Å². The molecule has 1 amide bonds. The van der Waals surface area contributed by atoms with Gasteiger partial charge in [-0.2, -0.15) is 5.10 Å². The summed E-state index contributed by atoms with van der Waals surface area (Å²) in [6, 6.07) is 16.0. The van der Waals surface area contributed by atoms with Crippen molar-refractivity contribution in [3.05, 3.63) is 77.1 Å². The number of hydrogen-bond donors (Lipinski definition) is 2. The summed E-state index contributed by atoms with van der Waals surface area (Å²) in [4.78, 5) is 12.8. The number of aromatic nitrogens is 2. The van der Waals surface area contributed by atoms with Crippen LogP contribution in [0.3, 0.4) is 0 Å². The molecule has 0 saturated heterocycles. The van der Waals surface area contributed by atoms with Gasteiger partial charge in [0.2, 0.25) is 0 Å². The first-order valence-electron chi connectivity index (χ1n) is 9.62. The van der Waals surface area contributed by atoms with Crippen LogP contribution in [-0.4, -0.2) is 22.3 Å². The Kier molecular flexibility index (Phi) is 6.90. The Balaban J connectivity index is 0.00000240. The Bertz CT molecular complexity index is 972. The number of nitrogens with one attached hydrogen (secondary N) is 2. The van der Waals surface area contributed by atoms with Crippen LogP contribution in [0.15, 0.2) is 54.7 Å². The fourth-order valence-electron chi connectivity index (χ4n) is 3.27. The minimum absolute atomic E-state index is 0. The van der Waals surface area contributed by atoms with Crippen LogP contribution in [0.5, 0.6) is 5.75 Å². The molecule has 152 valence electrons. The molecule has 1 aliphatic heterocycles. The van der Waals surface area contributed by atoms with E-state index in [-0.39, 0.29) is 18.3 Å². The van der Waals surface area contributed by atoms with E-state index in [4.69, 9.17) is 4.74 Å². The van der Waals surface area contributed by atoms with E-state index in [0.29, 0.717) is 24.6 Å². The molecule has 0 unspecified atom stereocenters. The summed E-state index contributed by atoms with van der Waals surface area (Å²) in [7, 11) is 0. The second kappa shape index (κ2) is 9.58. The molecule has 0 aliphatic carbocycles. The molecule has 0 atom stereocenters. The van der Waals surface area contributed by atoms with Crippen molar-refractivity contribution in [1.29, 1.82) is 0 Å². The van der Waals surface area contributed by atoms with Crippen LogP contribution < -0.4 is 15.4 Å². The molecule has 2 heterocycles. The minimum Gasteiger partial charge on any atom is -0.489 e. The lowest BCUT2D eigenvalue weighted by molar-refractivity contribution is 0.0941. The van der Waals surface area contributed by atoms with E-state index in [2.05, 4.69) is 33.9 Å². The number of rotatable bonds is 7. The molecule has 4 rings (SSSR count). The molecule has 2 aromatic carbocycles. The maximum absolute atomic E-state index is 12.8. The summed E-state index contributed by atoms with van der Waals surface area (Å²) in [5.74, 6) is 0.265. The fourth-order valence-corrected chi connectivity index (χ4v) is 3.27. The Morgan fingerprint density at radius 3 is 2.76 bits per heavy atom. The number of halogens is 1. The fraction of sp³-hybridized carbons (Fsp3) is 0.273. The van der Waals surface area contributed by atoms with E-state index >= 15 is 0 Å². The molecule has 1 aromatic heterocycles. The molecule has 7 heteroatoms. The molecule has 0 radical (unpaired) electrons. The molecule has 0 spiro atoms. The van der Waals surface area contributed by atoms with Gasteiger partial charge in [0.05, 0.1) is 18.5 Å². The number of ether oxygens (including phenoxy) is 1. The SMILES string of the molecule is CCCOc1cn(-c2ccccc2)nc1C(=O)NCc1ccc2c(c1)CNC2.Cl. The van der Waals surface area contributed by atoms with Crippen molar-refractivity contribution < 1.29 is 9.53 Å². The summed E-state index contributed by atoms with van der Waals surface area (Å²) in [6.45, 7) is 4.82. The smallest absolute Gasteiger partial charge is 0.275 e. The van der Waals surface area contributed by atoms with Crippen LogP contribution in [0.1, 0.15) is 40.5 Å². The number of carbonyl (C=O) groups excluding carboxylic acids is 1. The number of benzene rings is 2. The van der Waals surface area contributed by atoms with Gasteiger partial charge in [0.25, 0.3) is 5.91 Å². The van der Waals surface area contributed by atoms with E-state index in [1.54, 1.807) is 10.9 Å². The summed E-state index contributed by atoms with van der Waals surface area (Å²) in [6.07, 6.45) is 2.63. The molecule has 6 nitrogen and oxygen atoms in total. The van der Waals surface area contributed by atoms with Crippen molar-refractivity contribution in [3.8, 4) is 11.4 Å². The number of hydrogen-bond acceptors (Lipinski definition) is 4. The number of carbonyl (C=O) groups is 1. The zero-order valence-corrected chi connectivity index (χ0v) is 17.2. The van der Waals surface area contributed by atoms with Gasteiger partial charge in [-0.1, -0.05) is 43.3 Å². The van der Waals surface area contributed by atoms with Crippen LogP contribution in [0.4, 0.5) is 0 Å². The van der Waals surface area contributed by atoms with Gasteiger partial charge in [0.15, 0.2) is 11.4 Å². The van der Waals surface area contributed by atoms with E-state index < -0.39 is 0 Å². The standard InChI is InChI=1S/C22H24N4O2.ClH/c1-2-10-28-20-15-26(19-6-4-3-5-7-19)25-21(20)22(27)24-12-16-8-9-17-13-23-14-18(17)11-16;/h3-9,11,15,23H,2,10,12-14H2,1H3,(H,24,27);1H. The molecule has 0 fully saturated rings. The normalized spacial score (nSPS) is 12.2. The highest BCUT2D eigenvalue weighted by molar-refractivity contribution is 5.94. The van der Waals surface area contributed by atoms with E-state index in [9.17, 15) is 4.79 Å². The Morgan fingerprint density at radius 1 is 1.17 bits per heavy atom. The molecule has 2 N–H and O–H groups in total. The topological polar surface area (TPSA) is 68.2 Å². The lowest BCUT2D eigenvalue weighted by Crippen LogP contribution is -2.24. The van der Waals surface area contributed by atoms with Gasteiger partial charge in [0, 0.05) is 19.6 Å². The maximum Gasteiger partial charge on any atom is 0.275 e. The Morgan fingerprint density at radius 2 is 1.97 bits per heavy atom. The number of nitrogens with zero attached hydrogens (tertiary/aromatic N) is 2. The predicted molar refractivity (Wildman–Crippen MR) is 115 cm³/mol. The third kappa shape index (κ3) is 4.78. The van der Waals surface area contributed by atoms with E-state index in [1.807, 2.05) is 37.3 Å². The third-order valence-electron chi connectivity index (χ3n) is 4.73. The molecule has 29 heavy (non-hydrogen) atoms. The maximum atomic E-state index is 12.8. The van der Waals surface area contributed by atoms with Crippen LogP contribution in [-0.2, 0) is 19.6 Å². The second-order valence-corrected chi connectivity index (χ2v) is 6.86. The third-order valence-corrected chi connectivity index (χ3v) is 4.73. The average Bonchev–Trinajstić information content (AvgIpc) is 3.37. The highest BCUT2D eigenvalue weighted by Gasteiger charge is 2.19. The number of amides is 1. The quantitative estimate of drug-likeness (QED) is 0.622. The van der Waals surface area contributed by atoms with Crippen LogP contribution in [0, 0.1) is 0 Å². The molecule has 3 aromatic rings. The number of fused-ring (bicyclic) bond motifs is 1. The summed E-state index contributed by atoms with van der Waals surface area (Å²) < 4.78 is 7.45. The van der Waals surface area contributed by atoms with E-state index in [0.717, 1.165) is 30.8 Å². The van der Waals surface area contributed by atoms with Gasteiger partial charge in [-0.05, 0) is 35.2 Å². The van der Waals surface area contributed by atoms with Crippen molar-refractivity contribution in [2.24, 2.45) is 0 Å². The predicted octanol–water partition coefficient (Wildman–Crippen LogP) is 3.62. The first-order chi connectivity index (χ1) is 13.7. The van der Waals surface area contributed by atoms with Crippen molar-refractivity contribution >= 4 is 18.3 Å². The zero-order chi connectivity index (χ0) is 19.3. The first-order valence-corrected chi connectivity index (χ1v) is 9.62. The largest absolute Gasteiger partial charge is 0.489 e. The van der Waals surface area contributed by atoms with Crippen molar-refractivity contribution in [2.75, 3.05) is 6.61 Å². The van der Waals surface area contributed by atoms with Gasteiger partial charge < -0.3 is 15.4 Å². The van der Waals surface area contributed by atoms with Gasteiger partial charge in [-0.15, -0.1) is 12.4 Å². The zero-order valence-electron chi connectivity index (χ0n) is 16.4. The second-order valence-electron chi connectivity index (χ2n) is 6.86. The molecular formula is C22H25ClN4O2. The monoisotopic (exact) mass is 412 g/mol. The lowest BCUT2D eigenvalue weighted by Gasteiger charge is -2.07. The molecule has 1 aliphatic rings. The lowest BCUT2D eigenvalue weighted by atomic mass is 10.1. The summed E-state index contributed by atoms with van der Waals surface area (Å²) >= 11 is 0.